The van der Waals surface area contributed by atoms with Gasteiger partial charge in [-0.3, -0.25) is 4.98 Å². The minimum atomic E-state index is -2.85. The Balaban J connectivity index is 1.73. The number of pyridine rings is 1. The number of hydrogen-bond donors (Lipinski definition) is 1. The smallest absolute Gasteiger partial charge is 0.387 e. The predicted octanol–water partition coefficient (Wildman–Crippen LogP) is 4.17. The average Bonchev–Trinajstić information content (AvgIpc) is 2.95. The number of thioether (sulfide) groups is 1. The van der Waals surface area contributed by atoms with Gasteiger partial charge in [0.25, 0.3) is 0 Å². The lowest BCUT2D eigenvalue weighted by Crippen LogP contribution is -2.01. The van der Waals surface area contributed by atoms with Crippen LogP contribution in [0.3, 0.4) is 0 Å². The fourth-order valence-corrected chi connectivity index (χ4v) is 2.98. The Morgan fingerprint density at radius 3 is 2.88 bits per heavy atom. The first-order valence-electron chi connectivity index (χ1n) is 7.12. The molecule has 0 aliphatic carbocycles. The monoisotopic (exact) mass is 351 g/mol. The normalized spacial score (nSPS) is 11.2. The number of nitrogens with one attached hydrogen (secondary N) is 1. The van der Waals surface area contributed by atoms with E-state index in [9.17, 15) is 8.78 Å². The van der Waals surface area contributed by atoms with E-state index in [4.69, 9.17) is 4.74 Å². The number of hydrogen-bond acceptors (Lipinski definition) is 5. The number of fused-ring (bicyclic) bond motifs is 1. The zero-order valence-corrected chi connectivity index (χ0v) is 13.9. The topological polar surface area (TPSA) is 60.0 Å². The SMILES string of the molecule is COc1cc(CSc2nc3ccc(OC(F)F)cc3[nH]2)ncc1C. The maximum Gasteiger partial charge on any atom is 0.387 e. The van der Waals surface area contributed by atoms with Crippen molar-refractivity contribution in [2.75, 3.05) is 7.11 Å². The van der Waals surface area contributed by atoms with Crippen molar-refractivity contribution in [3.8, 4) is 11.5 Å². The zero-order valence-electron chi connectivity index (χ0n) is 13.0. The highest BCUT2D eigenvalue weighted by Crippen LogP contribution is 2.27. The van der Waals surface area contributed by atoms with Gasteiger partial charge in [0.15, 0.2) is 5.16 Å². The molecule has 0 saturated carbocycles. The number of methoxy groups -OCH3 is 1. The molecule has 0 radical (unpaired) electrons. The molecule has 5 nitrogen and oxygen atoms in total. The number of aromatic amines is 1. The fraction of sp³-hybridized carbons (Fsp3) is 0.250. The summed E-state index contributed by atoms with van der Waals surface area (Å²) >= 11 is 1.47. The molecule has 0 spiro atoms. The van der Waals surface area contributed by atoms with Crippen molar-refractivity contribution in [2.24, 2.45) is 0 Å². The molecular formula is C16H15F2N3O2S. The van der Waals surface area contributed by atoms with E-state index in [0.717, 1.165) is 17.0 Å². The lowest BCUT2D eigenvalue weighted by Gasteiger charge is -2.05. The maximum atomic E-state index is 12.3. The van der Waals surface area contributed by atoms with Gasteiger partial charge in [-0.1, -0.05) is 11.8 Å². The van der Waals surface area contributed by atoms with Gasteiger partial charge < -0.3 is 14.5 Å². The highest BCUT2D eigenvalue weighted by molar-refractivity contribution is 7.98. The molecule has 126 valence electrons. The van der Waals surface area contributed by atoms with Gasteiger partial charge in [-0.15, -0.1) is 0 Å². The van der Waals surface area contributed by atoms with Crippen molar-refractivity contribution in [3.05, 3.63) is 41.7 Å². The third kappa shape index (κ3) is 3.76. The molecule has 2 aromatic heterocycles. The van der Waals surface area contributed by atoms with Gasteiger partial charge >= 0.3 is 6.61 Å². The van der Waals surface area contributed by atoms with Gasteiger partial charge in [-0.2, -0.15) is 8.78 Å². The Labute approximate surface area is 141 Å². The van der Waals surface area contributed by atoms with Gasteiger partial charge in [0.2, 0.25) is 0 Å². The van der Waals surface area contributed by atoms with E-state index in [1.165, 1.54) is 23.9 Å². The van der Waals surface area contributed by atoms with E-state index in [0.29, 0.717) is 21.9 Å². The van der Waals surface area contributed by atoms with Crippen LogP contribution in [0.2, 0.25) is 0 Å². The Morgan fingerprint density at radius 1 is 1.29 bits per heavy atom. The number of nitrogens with zero attached hydrogens (tertiary/aromatic N) is 2. The molecule has 0 unspecified atom stereocenters. The van der Waals surface area contributed by atoms with Crippen LogP contribution in [0.5, 0.6) is 11.5 Å². The van der Waals surface area contributed by atoms with Crippen LogP contribution >= 0.6 is 11.8 Å². The summed E-state index contributed by atoms with van der Waals surface area (Å²) in [5.74, 6) is 1.50. The fourth-order valence-electron chi connectivity index (χ4n) is 2.20. The first-order valence-corrected chi connectivity index (χ1v) is 8.10. The van der Waals surface area contributed by atoms with E-state index in [-0.39, 0.29) is 5.75 Å². The molecule has 0 bridgehead atoms. The summed E-state index contributed by atoms with van der Waals surface area (Å²) in [6.45, 7) is -0.914. The van der Waals surface area contributed by atoms with Gasteiger partial charge in [0.1, 0.15) is 11.5 Å². The molecule has 0 amide bonds. The maximum absolute atomic E-state index is 12.3. The number of alkyl halides is 2. The summed E-state index contributed by atoms with van der Waals surface area (Å²) in [5.41, 5.74) is 3.17. The third-order valence-electron chi connectivity index (χ3n) is 3.34. The number of halogens is 2. The van der Waals surface area contributed by atoms with E-state index < -0.39 is 6.61 Å². The van der Waals surface area contributed by atoms with Crippen LogP contribution in [0.4, 0.5) is 8.78 Å². The molecule has 0 aliphatic rings. The molecule has 8 heteroatoms. The Bertz CT molecular complexity index is 854. The number of ether oxygens (including phenoxy) is 2. The van der Waals surface area contributed by atoms with Crippen molar-refractivity contribution in [2.45, 2.75) is 24.4 Å². The quantitative estimate of drug-likeness (QED) is 0.676. The van der Waals surface area contributed by atoms with Crippen molar-refractivity contribution < 1.29 is 18.3 Å². The molecule has 24 heavy (non-hydrogen) atoms. The molecule has 1 aromatic carbocycles. The lowest BCUT2D eigenvalue weighted by atomic mass is 10.2. The number of benzene rings is 1. The number of aryl methyl sites for hydroxylation is 1. The number of H-pyrrole nitrogens is 1. The van der Waals surface area contributed by atoms with Gasteiger partial charge in [0, 0.05) is 29.6 Å². The first kappa shape index (κ1) is 16.5. The summed E-state index contributed by atoms with van der Waals surface area (Å²) in [7, 11) is 1.62. The van der Waals surface area contributed by atoms with Gasteiger partial charge in [-0.25, -0.2) is 4.98 Å². The van der Waals surface area contributed by atoms with Crippen molar-refractivity contribution in [1.82, 2.24) is 15.0 Å². The number of rotatable bonds is 6. The number of imidazole rings is 1. The molecule has 0 saturated heterocycles. The second kappa shape index (κ2) is 7.04. The van der Waals surface area contributed by atoms with Crippen LogP contribution in [-0.4, -0.2) is 28.7 Å². The Kier molecular flexibility index (Phi) is 4.84. The van der Waals surface area contributed by atoms with Crippen LogP contribution in [-0.2, 0) is 5.75 Å². The van der Waals surface area contributed by atoms with Crippen molar-refractivity contribution >= 4 is 22.8 Å². The Hall–Kier alpha value is -2.35. The average molecular weight is 351 g/mol. The van der Waals surface area contributed by atoms with E-state index in [2.05, 4.69) is 19.7 Å². The molecule has 2 heterocycles. The molecule has 3 aromatic rings. The second-order valence-corrected chi connectivity index (χ2v) is 6.00. The van der Waals surface area contributed by atoms with E-state index in [1.54, 1.807) is 19.4 Å². The molecule has 0 fully saturated rings. The summed E-state index contributed by atoms with van der Waals surface area (Å²) in [4.78, 5) is 11.9. The Morgan fingerprint density at radius 2 is 2.12 bits per heavy atom. The number of aromatic nitrogens is 3. The van der Waals surface area contributed by atoms with E-state index >= 15 is 0 Å². The summed E-state index contributed by atoms with van der Waals surface area (Å²) in [6.07, 6.45) is 1.77. The summed E-state index contributed by atoms with van der Waals surface area (Å²) in [5, 5.41) is 0.681. The highest BCUT2D eigenvalue weighted by atomic mass is 32.2. The predicted molar refractivity (Wildman–Crippen MR) is 87.8 cm³/mol. The second-order valence-electron chi connectivity index (χ2n) is 5.03. The molecule has 1 N–H and O–H groups in total. The van der Waals surface area contributed by atoms with Gasteiger partial charge in [-0.05, 0) is 19.1 Å². The standard InChI is InChI=1S/C16H15F2N3O2S/c1-9-7-19-10(5-14(9)22-2)8-24-16-20-12-4-3-11(23-15(17)18)6-13(12)21-16/h3-7,15H,8H2,1-2H3,(H,20,21). The van der Waals surface area contributed by atoms with E-state index in [1.807, 2.05) is 13.0 Å². The van der Waals surface area contributed by atoms with Crippen molar-refractivity contribution in [3.63, 3.8) is 0 Å². The largest absolute Gasteiger partial charge is 0.496 e. The van der Waals surface area contributed by atoms with Crippen LogP contribution in [0.1, 0.15) is 11.3 Å². The zero-order chi connectivity index (χ0) is 17.1. The van der Waals surface area contributed by atoms with Gasteiger partial charge in [0.05, 0.1) is 23.8 Å². The minimum Gasteiger partial charge on any atom is -0.496 e. The van der Waals surface area contributed by atoms with Crippen LogP contribution < -0.4 is 9.47 Å². The van der Waals surface area contributed by atoms with Crippen LogP contribution in [0.25, 0.3) is 11.0 Å². The van der Waals surface area contributed by atoms with Crippen molar-refractivity contribution in [1.29, 1.82) is 0 Å². The lowest BCUT2D eigenvalue weighted by molar-refractivity contribution is -0.0497. The first-order chi connectivity index (χ1) is 11.5. The third-order valence-corrected chi connectivity index (χ3v) is 4.25. The molecular weight excluding hydrogens is 336 g/mol. The minimum absolute atomic E-state index is 0.0997. The van der Waals surface area contributed by atoms with Crippen LogP contribution in [0, 0.1) is 6.92 Å². The summed E-state index contributed by atoms with van der Waals surface area (Å²) in [6, 6.07) is 6.50. The molecule has 3 rings (SSSR count). The molecule has 0 aliphatic heterocycles. The van der Waals surface area contributed by atoms with Crippen LogP contribution in [0.15, 0.2) is 35.6 Å². The highest BCUT2D eigenvalue weighted by Gasteiger charge is 2.09. The molecule has 0 atom stereocenters. The summed E-state index contributed by atoms with van der Waals surface area (Å²) < 4.78 is 34.2.